The van der Waals surface area contributed by atoms with Crippen molar-refractivity contribution in [3.05, 3.63) is 0 Å². The van der Waals surface area contributed by atoms with E-state index in [1.165, 1.54) is 89.9 Å². The van der Waals surface area contributed by atoms with E-state index >= 15 is 0 Å². The summed E-state index contributed by atoms with van der Waals surface area (Å²) in [5.74, 6) is -3.91. The van der Waals surface area contributed by atoms with Gasteiger partial charge in [-0.2, -0.15) is 0 Å². The summed E-state index contributed by atoms with van der Waals surface area (Å²) < 4.78 is 23.0. The van der Waals surface area contributed by atoms with Crippen LogP contribution in [0.3, 0.4) is 0 Å². The first-order valence-corrected chi connectivity index (χ1v) is 17.9. The summed E-state index contributed by atoms with van der Waals surface area (Å²) >= 11 is 0. The van der Waals surface area contributed by atoms with Crippen LogP contribution in [0.1, 0.15) is 168 Å². The minimum absolute atomic E-state index is 0.0287. The van der Waals surface area contributed by atoms with Crippen LogP contribution in [-0.4, -0.2) is 45.8 Å². The normalized spacial score (nSPS) is 13.2. The number of hydrogen-bond acceptors (Lipinski definition) is 8. The summed E-state index contributed by atoms with van der Waals surface area (Å²) in [6.07, 6.45) is 22.6. The predicted octanol–water partition coefficient (Wildman–Crippen LogP) is 8.34. The standard InChI is InChI=1S/C31H61O8P/c1-3-5-7-9-11-13-15-17-19-21-23-25-29(34)38-40(37,31(36)28(33)27-32)39-30(35)26-24-22-20-18-16-14-12-10-8-6-4-2/h28,31-33,36H,3-27H2,1-2H3. The fourth-order valence-corrected chi connectivity index (χ4v) is 6.19. The molecule has 0 spiro atoms. The molecule has 0 heterocycles. The molecule has 0 aromatic heterocycles. The van der Waals surface area contributed by atoms with Crippen LogP contribution >= 0.6 is 7.60 Å². The Bertz CT molecular complexity index is 613. The molecule has 9 heteroatoms. The summed E-state index contributed by atoms with van der Waals surface area (Å²) in [5.41, 5.74) is 0. The third kappa shape index (κ3) is 21.8. The summed E-state index contributed by atoms with van der Waals surface area (Å²) in [6, 6.07) is 0. The summed E-state index contributed by atoms with van der Waals surface area (Å²) in [6.45, 7) is 3.50. The summed E-state index contributed by atoms with van der Waals surface area (Å²) in [5, 5.41) is 29.2. The zero-order valence-corrected chi connectivity index (χ0v) is 26.6. The molecule has 0 saturated heterocycles. The Hall–Kier alpha value is -0.950. The SMILES string of the molecule is CCCCCCCCCCCCCC(=O)OP(=O)(OC(=O)CCCCCCCCCCCCC)C(O)C(O)CO. The molecule has 0 amide bonds. The average molecular weight is 593 g/mol. The second-order valence-corrected chi connectivity index (χ2v) is 13.2. The average Bonchev–Trinajstić information content (AvgIpc) is 2.93. The van der Waals surface area contributed by atoms with Gasteiger partial charge in [-0.25, -0.2) is 4.57 Å². The van der Waals surface area contributed by atoms with Crippen LogP contribution in [0.4, 0.5) is 0 Å². The number of hydrogen-bond donors (Lipinski definition) is 3. The van der Waals surface area contributed by atoms with Gasteiger partial charge in [-0.15, -0.1) is 0 Å². The van der Waals surface area contributed by atoms with Crippen molar-refractivity contribution < 1.29 is 38.5 Å². The topological polar surface area (TPSA) is 130 Å². The van der Waals surface area contributed by atoms with Crippen molar-refractivity contribution >= 4 is 19.5 Å². The maximum atomic E-state index is 13.1. The first-order chi connectivity index (χ1) is 19.3. The van der Waals surface area contributed by atoms with E-state index in [4.69, 9.17) is 14.2 Å². The van der Waals surface area contributed by atoms with Crippen LogP contribution in [0.5, 0.6) is 0 Å². The Morgan fingerprint density at radius 1 is 0.550 bits per heavy atom. The van der Waals surface area contributed by atoms with Crippen molar-refractivity contribution in [2.24, 2.45) is 0 Å². The lowest BCUT2D eigenvalue weighted by Crippen LogP contribution is -2.32. The molecule has 8 nitrogen and oxygen atoms in total. The van der Waals surface area contributed by atoms with Crippen molar-refractivity contribution in [3.63, 3.8) is 0 Å². The maximum Gasteiger partial charge on any atom is 0.466 e. The molecule has 0 fully saturated rings. The van der Waals surface area contributed by atoms with Crippen LogP contribution < -0.4 is 0 Å². The third-order valence-corrected chi connectivity index (χ3v) is 9.19. The fourth-order valence-electron chi connectivity index (χ4n) is 4.67. The molecule has 0 aliphatic rings. The first kappa shape index (κ1) is 39.0. The highest BCUT2D eigenvalue weighted by atomic mass is 31.2. The first-order valence-electron chi connectivity index (χ1n) is 16.3. The lowest BCUT2D eigenvalue weighted by Gasteiger charge is -2.24. The Labute approximate surface area is 244 Å². The molecule has 0 saturated carbocycles. The van der Waals surface area contributed by atoms with Gasteiger partial charge in [0.25, 0.3) is 0 Å². The van der Waals surface area contributed by atoms with Gasteiger partial charge in [0, 0.05) is 12.8 Å². The van der Waals surface area contributed by atoms with Gasteiger partial charge in [0.15, 0.2) is 0 Å². The van der Waals surface area contributed by atoms with Gasteiger partial charge in [0.2, 0.25) is 5.85 Å². The molecule has 0 radical (unpaired) electrons. The molecule has 238 valence electrons. The molecule has 0 bridgehead atoms. The molecule has 2 atom stereocenters. The maximum absolute atomic E-state index is 13.1. The number of unbranched alkanes of at least 4 members (excludes halogenated alkanes) is 20. The Morgan fingerprint density at radius 3 is 1.10 bits per heavy atom. The van der Waals surface area contributed by atoms with Crippen molar-refractivity contribution in [1.29, 1.82) is 0 Å². The fraction of sp³-hybridized carbons (Fsp3) is 0.935. The Kier molecular flexibility index (Phi) is 26.3. The van der Waals surface area contributed by atoms with E-state index in [1.54, 1.807) is 0 Å². The molecular weight excluding hydrogens is 531 g/mol. The molecule has 40 heavy (non-hydrogen) atoms. The number of aliphatic hydroxyl groups is 3. The van der Waals surface area contributed by atoms with E-state index in [0.29, 0.717) is 12.8 Å². The second kappa shape index (κ2) is 26.9. The van der Waals surface area contributed by atoms with E-state index in [9.17, 15) is 24.4 Å². The molecule has 0 aliphatic carbocycles. The summed E-state index contributed by atoms with van der Waals surface area (Å²) in [4.78, 5) is 24.7. The Balaban J connectivity index is 4.28. The van der Waals surface area contributed by atoms with Gasteiger partial charge in [-0.05, 0) is 12.8 Å². The summed E-state index contributed by atoms with van der Waals surface area (Å²) in [7, 11) is -4.71. The highest BCUT2D eigenvalue weighted by molar-refractivity contribution is 7.55. The van der Waals surface area contributed by atoms with E-state index in [2.05, 4.69) is 13.8 Å². The van der Waals surface area contributed by atoms with Crippen LogP contribution in [0.25, 0.3) is 0 Å². The van der Waals surface area contributed by atoms with Crippen LogP contribution in [0.15, 0.2) is 0 Å². The van der Waals surface area contributed by atoms with Crippen LogP contribution in [-0.2, 0) is 23.2 Å². The van der Waals surface area contributed by atoms with Gasteiger partial charge < -0.3 is 24.4 Å². The zero-order chi connectivity index (χ0) is 29.9. The quantitative estimate of drug-likeness (QED) is 0.0583. The zero-order valence-electron chi connectivity index (χ0n) is 25.7. The van der Waals surface area contributed by atoms with Crippen LogP contribution in [0, 0.1) is 0 Å². The highest BCUT2D eigenvalue weighted by Gasteiger charge is 2.45. The van der Waals surface area contributed by atoms with Crippen LogP contribution in [0.2, 0.25) is 0 Å². The predicted molar refractivity (Wildman–Crippen MR) is 161 cm³/mol. The van der Waals surface area contributed by atoms with Gasteiger partial charge >= 0.3 is 19.5 Å². The number of rotatable bonds is 29. The minimum Gasteiger partial charge on any atom is -0.394 e. The lowest BCUT2D eigenvalue weighted by molar-refractivity contribution is -0.140. The van der Waals surface area contributed by atoms with Gasteiger partial charge in [-0.1, -0.05) is 142 Å². The molecule has 0 aliphatic heterocycles. The van der Waals surface area contributed by atoms with Gasteiger partial charge in [0.1, 0.15) is 6.10 Å². The molecule has 0 aromatic rings. The largest absolute Gasteiger partial charge is 0.466 e. The van der Waals surface area contributed by atoms with E-state index < -0.39 is 38.1 Å². The second-order valence-electron chi connectivity index (χ2n) is 11.2. The molecule has 2 unspecified atom stereocenters. The van der Waals surface area contributed by atoms with Crippen molar-refractivity contribution in [3.8, 4) is 0 Å². The minimum atomic E-state index is -4.71. The van der Waals surface area contributed by atoms with Gasteiger partial charge in [-0.3, -0.25) is 9.59 Å². The number of carbonyl (C=O) groups is 2. The van der Waals surface area contributed by atoms with E-state index in [0.717, 1.165) is 38.5 Å². The number of carbonyl (C=O) groups excluding carboxylic acids is 2. The van der Waals surface area contributed by atoms with E-state index in [1.807, 2.05) is 0 Å². The van der Waals surface area contributed by atoms with Crippen molar-refractivity contribution in [2.45, 2.75) is 180 Å². The molecular formula is C31H61O8P. The number of aliphatic hydroxyl groups excluding tert-OH is 3. The molecule has 0 aromatic carbocycles. The third-order valence-electron chi connectivity index (χ3n) is 7.28. The van der Waals surface area contributed by atoms with Crippen molar-refractivity contribution in [1.82, 2.24) is 0 Å². The van der Waals surface area contributed by atoms with Gasteiger partial charge in [0.05, 0.1) is 6.61 Å². The molecule has 3 N–H and O–H groups in total. The molecule has 0 rings (SSSR count). The van der Waals surface area contributed by atoms with E-state index in [-0.39, 0.29) is 12.8 Å². The smallest absolute Gasteiger partial charge is 0.394 e. The van der Waals surface area contributed by atoms with Crippen molar-refractivity contribution in [2.75, 3.05) is 6.61 Å². The monoisotopic (exact) mass is 592 g/mol. The Morgan fingerprint density at radius 2 is 0.825 bits per heavy atom. The highest BCUT2D eigenvalue weighted by Crippen LogP contribution is 2.54. The lowest BCUT2D eigenvalue weighted by atomic mass is 10.1.